The Morgan fingerprint density at radius 2 is 2.15 bits per heavy atom. The van der Waals surface area contributed by atoms with Crippen molar-refractivity contribution in [3.8, 4) is 5.75 Å². The molecule has 112 valence electrons. The number of nitrogens with one attached hydrogen (secondary N) is 1. The number of rotatable bonds is 8. The minimum Gasteiger partial charge on any atom is -0.490 e. The molecular weight excluding hydrogens is 322 g/mol. The Morgan fingerprint density at radius 3 is 2.80 bits per heavy atom. The van der Waals surface area contributed by atoms with E-state index in [0.717, 1.165) is 10.0 Å². The van der Waals surface area contributed by atoms with Crippen LogP contribution in [0.3, 0.4) is 0 Å². The number of halogens is 1. The zero-order chi connectivity index (χ0) is 15.0. The number of aliphatic hydroxyl groups is 2. The van der Waals surface area contributed by atoms with E-state index < -0.39 is 6.10 Å². The Balaban J connectivity index is 2.56. The van der Waals surface area contributed by atoms with E-state index in [0.29, 0.717) is 18.3 Å². The fourth-order valence-corrected chi connectivity index (χ4v) is 1.90. The van der Waals surface area contributed by atoms with E-state index in [-0.39, 0.29) is 13.2 Å². The molecule has 0 aliphatic heterocycles. The fraction of sp³-hybridized carbons (Fsp3) is 0.467. The van der Waals surface area contributed by atoms with Crippen molar-refractivity contribution in [2.24, 2.45) is 0 Å². The third kappa shape index (κ3) is 6.52. The zero-order valence-electron chi connectivity index (χ0n) is 11.8. The molecule has 0 amide bonds. The van der Waals surface area contributed by atoms with E-state index >= 15 is 0 Å². The smallest absolute Gasteiger partial charge is 0.134 e. The molecule has 0 aliphatic carbocycles. The minimum atomic E-state index is -0.555. The summed E-state index contributed by atoms with van der Waals surface area (Å²) in [5.74, 6) is 0.675. The zero-order valence-corrected chi connectivity index (χ0v) is 13.4. The minimum absolute atomic E-state index is 0.00579. The molecule has 1 atom stereocenters. The van der Waals surface area contributed by atoms with E-state index in [2.05, 4.69) is 21.2 Å². The predicted octanol–water partition coefficient (Wildman–Crippen LogP) is 2.19. The molecule has 0 spiro atoms. The first-order valence-electron chi connectivity index (χ1n) is 6.64. The fourth-order valence-electron chi connectivity index (χ4n) is 1.54. The molecule has 1 aromatic rings. The molecular formula is C15H22BrNO3. The van der Waals surface area contributed by atoms with Crippen LogP contribution < -0.4 is 10.1 Å². The lowest BCUT2D eigenvalue weighted by atomic mass is 10.2. The van der Waals surface area contributed by atoms with E-state index in [4.69, 9.17) is 9.84 Å². The molecule has 0 saturated carbocycles. The predicted molar refractivity (Wildman–Crippen MR) is 84.9 cm³/mol. The van der Waals surface area contributed by atoms with Crippen LogP contribution >= 0.6 is 15.9 Å². The van der Waals surface area contributed by atoms with Crippen LogP contribution in [0.2, 0.25) is 0 Å². The van der Waals surface area contributed by atoms with Gasteiger partial charge in [-0.1, -0.05) is 32.1 Å². The van der Waals surface area contributed by atoms with Crippen LogP contribution in [0.15, 0.2) is 28.7 Å². The number of hydrogen-bond acceptors (Lipinski definition) is 4. The molecule has 0 fully saturated rings. The number of benzene rings is 1. The van der Waals surface area contributed by atoms with Gasteiger partial charge in [0.05, 0.1) is 11.1 Å². The molecule has 1 rings (SSSR count). The van der Waals surface area contributed by atoms with Crippen molar-refractivity contribution in [3.63, 3.8) is 0 Å². The van der Waals surface area contributed by atoms with Crippen molar-refractivity contribution in [1.29, 1.82) is 0 Å². The molecule has 20 heavy (non-hydrogen) atoms. The average Bonchev–Trinajstić information content (AvgIpc) is 2.42. The summed E-state index contributed by atoms with van der Waals surface area (Å²) in [7, 11) is 0. The second-order valence-corrected chi connectivity index (χ2v) is 5.66. The highest BCUT2D eigenvalue weighted by atomic mass is 79.9. The summed E-state index contributed by atoms with van der Waals surface area (Å²) in [6.45, 7) is 4.79. The van der Waals surface area contributed by atoms with Crippen LogP contribution in [0.4, 0.5) is 0 Å². The van der Waals surface area contributed by atoms with Crippen LogP contribution in [0.5, 0.6) is 5.75 Å². The van der Waals surface area contributed by atoms with Crippen molar-refractivity contribution >= 4 is 22.0 Å². The monoisotopic (exact) mass is 343 g/mol. The van der Waals surface area contributed by atoms with Gasteiger partial charge in [-0.15, -0.1) is 0 Å². The van der Waals surface area contributed by atoms with Gasteiger partial charge >= 0.3 is 0 Å². The Bertz CT molecular complexity index is 435. The maximum Gasteiger partial charge on any atom is 0.134 e. The van der Waals surface area contributed by atoms with Gasteiger partial charge in [0.2, 0.25) is 0 Å². The average molecular weight is 344 g/mol. The molecule has 1 unspecified atom stereocenters. The van der Waals surface area contributed by atoms with Crippen molar-refractivity contribution < 1.29 is 14.9 Å². The van der Waals surface area contributed by atoms with Gasteiger partial charge in [-0.3, -0.25) is 0 Å². The van der Waals surface area contributed by atoms with Crippen LogP contribution in [-0.4, -0.2) is 42.1 Å². The van der Waals surface area contributed by atoms with Crippen LogP contribution in [0.25, 0.3) is 6.08 Å². The van der Waals surface area contributed by atoms with Crippen LogP contribution in [0.1, 0.15) is 19.4 Å². The lowest BCUT2D eigenvalue weighted by Crippen LogP contribution is -2.35. The highest BCUT2D eigenvalue weighted by molar-refractivity contribution is 9.10. The van der Waals surface area contributed by atoms with Gasteiger partial charge in [0.25, 0.3) is 0 Å². The van der Waals surface area contributed by atoms with E-state index in [1.54, 1.807) is 6.08 Å². The summed E-state index contributed by atoms with van der Waals surface area (Å²) in [6, 6.07) is 5.99. The molecule has 4 nitrogen and oxygen atoms in total. The summed E-state index contributed by atoms with van der Waals surface area (Å²) in [5.41, 5.74) is 0.937. The summed E-state index contributed by atoms with van der Waals surface area (Å²) in [4.78, 5) is 0. The van der Waals surface area contributed by atoms with Gasteiger partial charge in [-0.05, 0) is 33.6 Å². The van der Waals surface area contributed by atoms with Gasteiger partial charge in [0.1, 0.15) is 18.5 Å². The molecule has 0 aliphatic rings. The van der Waals surface area contributed by atoms with Crippen molar-refractivity contribution in [1.82, 2.24) is 5.32 Å². The molecule has 0 heterocycles. The third-order valence-corrected chi connectivity index (χ3v) is 3.22. The van der Waals surface area contributed by atoms with Crippen LogP contribution in [-0.2, 0) is 0 Å². The lowest BCUT2D eigenvalue weighted by Gasteiger charge is -2.16. The van der Waals surface area contributed by atoms with Gasteiger partial charge in [-0.25, -0.2) is 0 Å². The summed E-state index contributed by atoms with van der Waals surface area (Å²) >= 11 is 3.42. The first kappa shape index (κ1) is 17.2. The molecule has 3 N–H and O–H groups in total. The maximum absolute atomic E-state index is 9.81. The van der Waals surface area contributed by atoms with E-state index in [9.17, 15) is 5.11 Å². The van der Waals surface area contributed by atoms with Crippen LogP contribution in [0, 0.1) is 0 Å². The first-order valence-corrected chi connectivity index (χ1v) is 7.43. The normalized spacial score (nSPS) is 13.1. The molecule has 0 radical (unpaired) electrons. The number of aliphatic hydroxyl groups excluding tert-OH is 2. The Morgan fingerprint density at radius 1 is 1.40 bits per heavy atom. The quantitative estimate of drug-likeness (QED) is 0.677. The topological polar surface area (TPSA) is 61.7 Å². The molecule has 5 heteroatoms. The number of hydrogen-bond donors (Lipinski definition) is 3. The summed E-state index contributed by atoms with van der Waals surface area (Å²) in [6.07, 6.45) is 2.92. The first-order chi connectivity index (χ1) is 9.52. The molecule has 0 saturated heterocycles. The van der Waals surface area contributed by atoms with Crippen molar-refractivity contribution in [2.45, 2.75) is 26.0 Å². The highest BCUT2D eigenvalue weighted by Crippen LogP contribution is 2.26. The largest absolute Gasteiger partial charge is 0.490 e. The standard InChI is InChI=1S/C15H22BrNO3/c1-11(2)17-9-13(19)10-20-15-8-12(4-3-7-18)5-6-14(15)16/h3-6,8,11,13,17-19H,7,9-10H2,1-2H3/b4-3+. The lowest BCUT2D eigenvalue weighted by molar-refractivity contribution is 0.104. The Hall–Kier alpha value is -0.880. The maximum atomic E-state index is 9.81. The SMILES string of the molecule is CC(C)NCC(O)COc1cc(/C=C/CO)ccc1Br. The van der Waals surface area contributed by atoms with Crippen molar-refractivity contribution in [3.05, 3.63) is 34.3 Å². The van der Waals surface area contributed by atoms with Gasteiger partial charge in [0.15, 0.2) is 0 Å². The third-order valence-electron chi connectivity index (χ3n) is 2.56. The van der Waals surface area contributed by atoms with E-state index in [1.165, 1.54) is 0 Å². The second-order valence-electron chi connectivity index (χ2n) is 4.80. The second kappa shape index (κ2) is 9.13. The Kier molecular flexibility index (Phi) is 7.84. The van der Waals surface area contributed by atoms with E-state index in [1.807, 2.05) is 38.1 Å². The number of ether oxygens (including phenoxy) is 1. The van der Waals surface area contributed by atoms with Gasteiger partial charge < -0.3 is 20.3 Å². The summed E-state index contributed by atoms with van der Waals surface area (Å²) < 4.78 is 6.45. The summed E-state index contributed by atoms with van der Waals surface area (Å²) in [5, 5.41) is 21.7. The Labute approximate surface area is 128 Å². The van der Waals surface area contributed by atoms with Gasteiger partial charge in [0, 0.05) is 12.6 Å². The van der Waals surface area contributed by atoms with Gasteiger partial charge in [-0.2, -0.15) is 0 Å². The van der Waals surface area contributed by atoms with Crippen molar-refractivity contribution in [2.75, 3.05) is 19.8 Å². The molecule has 1 aromatic carbocycles. The highest BCUT2D eigenvalue weighted by Gasteiger charge is 2.08. The molecule has 0 bridgehead atoms. The molecule has 0 aromatic heterocycles.